The van der Waals surface area contributed by atoms with Crippen LogP contribution in [0.1, 0.15) is 30.5 Å². The highest BCUT2D eigenvalue weighted by atomic mass is 16.5. The van der Waals surface area contributed by atoms with Crippen LogP contribution in [0.4, 0.5) is 0 Å². The Bertz CT molecular complexity index is 472. The quantitative estimate of drug-likeness (QED) is 0.841. The second kappa shape index (κ2) is 6.37. The molecule has 1 aliphatic carbocycles. The van der Waals surface area contributed by atoms with Crippen molar-refractivity contribution in [1.29, 1.82) is 0 Å². The summed E-state index contributed by atoms with van der Waals surface area (Å²) in [6, 6.07) is -0.0513. The maximum absolute atomic E-state index is 12.2. The summed E-state index contributed by atoms with van der Waals surface area (Å²) in [6.07, 6.45) is 4.39. The number of amides is 1. The molecule has 0 saturated heterocycles. The molecule has 20 heavy (non-hydrogen) atoms. The molecule has 0 spiro atoms. The first-order valence-electron chi connectivity index (χ1n) is 7.06. The van der Waals surface area contributed by atoms with E-state index in [9.17, 15) is 4.79 Å². The molecule has 1 amide bonds. The SMILES string of the molecule is CO[C@@H]1CC[C@H](C(=O)NCc2cn(C)nc2C)C[C@H]1N. The van der Waals surface area contributed by atoms with Crippen LogP contribution in [0.2, 0.25) is 0 Å². The number of carbonyl (C=O) groups is 1. The molecule has 0 radical (unpaired) electrons. The van der Waals surface area contributed by atoms with Crippen molar-refractivity contribution in [2.45, 2.75) is 44.9 Å². The lowest BCUT2D eigenvalue weighted by Crippen LogP contribution is -2.45. The van der Waals surface area contributed by atoms with Crippen LogP contribution in [0, 0.1) is 12.8 Å². The molecule has 1 aliphatic rings. The summed E-state index contributed by atoms with van der Waals surface area (Å²) in [7, 11) is 3.56. The average molecular weight is 280 g/mol. The highest BCUT2D eigenvalue weighted by Gasteiger charge is 2.31. The first-order chi connectivity index (χ1) is 9.51. The number of nitrogens with two attached hydrogens (primary N) is 1. The fraction of sp³-hybridized carbons (Fsp3) is 0.714. The summed E-state index contributed by atoms with van der Waals surface area (Å²) in [5.41, 5.74) is 8.04. The van der Waals surface area contributed by atoms with Crippen molar-refractivity contribution < 1.29 is 9.53 Å². The molecular formula is C14H24N4O2. The first kappa shape index (κ1) is 15.0. The lowest BCUT2D eigenvalue weighted by atomic mass is 9.83. The maximum atomic E-state index is 12.2. The second-order valence-corrected chi connectivity index (χ2v) is 5.58. The van der Waals surface area contributed by atoms with Crippen molar-refractivity contribution in [3.05, 3.63) is 17.5 Å². The molecule has 6 heteroatoms. The highest BCUT2D eigenvalue weighted by molar-refractivity contribution is 5.78. The Morgan fingerprint density at radius 2 is 2.35 bits per heavy atom. The third kappa shape index (κ3) is 3.37. The number of methoxy groups -OCH3 is 1. The van der Waals surface area contributed by atoms with Crippen LogP contribution >= 0.6 is 0 Å². The number of aromatic nitrogens is 2. The molecule has 6 nitrogen and oxygen atoms in total. The number of rotatable bonds is 4. The number of hydrogen-bond donors (Lipinski definition) is 2. The zero-order valence-electron chi connectivity index (χ0n) is 12.4. The van der Waals surface area contributed by atoms with E-state index >= 15 is 0 Å². The van der Waals surface area contributed by atoms with Crippen molar-refractivity contribution in [2.24, 2.45) is 18.7 Å². The summed E-state index contributed by atoms with van der Waals surface area (Å²) >= 11 is 0. The normalized spacial score (nSPS) is 26.5. The van der Waals surface area contributed by atoms with E-state index in [-0.39, 0.29) is 24.0 Å². The second-order valence-electron chi connectivity index (χ2n) is 5.58. The fourth-order valence-corrected chi connectivity index (χ4v) is 2.86. The van der Waals surface area contributed by atoms with Crippen LogP contribution in [0.15, 0.2) is 6.20 Å². The Kier molecular flexibility index (Phi) is 4.77. The van der Waals surface area contributed by atoms with Gasteiger partial charge in [-0.05, 0) is 26.2 Å². The smallest absolute Gasteiger partial charge is 0.223 e. The number of ether oxygens (including phenoxy) is 1. The summed E-state index contributed by atoms with van der Waals surface area (Å²) < 4.78 is 7.07. The molecule has 1 aromatic rings. The van der Waals surface area contributed by atoms with Crippen LogP contribution in [0.3, 0.4) is 0 Å². The number of carbonyl (C=O) groups excluding carboxylic acids is 1. The van der Waals surface area contributed by atoms with E-state index in [0.29, 0.717) is 13.0 Å². The molecule has 1 aromatic heterocycles. The minimum atomic E-state index is -0.0513. The van der Waals surface area contributed by atoms with Crippen molar-refractivity contribution in [1.82, 2.24) is 15.1 Å². The van der Waals surface area contributed by atoms with Crippen LogP contribution in [0.5, 0.6) is 0 Å². The Morgan fingerprint density at radius 3 is 2.90 bits per heavy atom. The molecule has 0 unspecified atom stereocenters. The van der Waals surface area contributed by atoms with Gasteiger partial charge < -0.3 is 15.8 Å². The Labute approximate surface area is 119 Å². The van der Waals surface area contributed by atoms with Crippen molar-refractivity contribution in [3.63, 3.8) is 0 Å². The van der Waals surface area contributed by atoms with Gasteiger partial charge in [0.05, 0.1) is 11.8 Å². The third-order valence-electron chi connectivity index (χ3n) is 4.08. The Morgan fingerprint density at radius 1 is 1.60 bits per heavy atom. The largest absolute Gasteiger partial charge is 0.380 e. The monoisotopic (exact) mass is 280 g/mol. The summed E-state index contributed by atoms with van der Waals surface area (Å²) in [6.45, 7) is 2.47. The Balaban J connectivity index is 1.85. The zero-order chi connectivity index (χ0) is 14.7. The molecule has 3 atom stereocenters. The van der Waals surface area contributed by atoms with Gasteiger partial charge in [-0.2, -0.15) is 5.10 Å². The van der Waals surface area contributed by atoms with Crippen LogP contribution in [-0.2, 0) is 23.1 Å². The zero-order valence-corrected chi connectivity index (χ0v) is 12.4. The van der Waals surface area contributed by atoms with Crippen molar-refractivity contribution in [2.75, 3.05) is 7.11 Å². The molecule has 0 aromatic carbocycles. The summed E-state index contributed by atoms with van der Waals surface area (Å²) in [5.74, 6) is 0.0756. The average Bonchev–Trinajstić information content (AvgIpc) is 2.74. The van der Waals surface area contributed by atoms with E-state index in [0.717, 1.165) is 24.1 Å². The van der Waals surface area contributed by atoms with Crippen molar-refractivity contribution >= 4 is 5.91 Å². The van der Waals surface area contributed by atoms with E-state index in [1.54, 1.807) is 11.8 Å². The molecule has 0 bridgehead atoms. The molecule has 1 saturated carbocycles. The maximum Gasteiger partial charge on any atom is 0.223 e. The van der Waals surface area contributed by atoms with E-state index in [2.05, 4.69) is 10.4 Å². The molecule has 112 valence electrons. The van der Waals surface area contributed by atoms with E-state index < -0.39 is 0 Å². The number of nitrogens with zero attached hydrogens (tertiary/aromatic N) is 2. The summed E-state index contributed by atoms with van der Waals surface area (Å²) in [4.78, 5) is 12.2. The van der Waals surface area contributed by atoms with Crippen LogP contribution in [-0.4, -0.2) is 34.9 Å². The lowest BCUT2D eigenvalue weighted by molar-refractivity contribution is -0.127. The lowest BCUT2D eigenvalue weighted by Gasteiger charge is -2.32. The van der Waals surface area contributed by atoms with E-state index in [1.165, 1.54) is 0 Å². The minimum absolute atomic E-state index is 0.00613. The van der Waals surface area contributed by atoms with Gasteiger partial charge in [-0.3, -0.25) is 9.48 Å². The van der Waals surface area contributed by atoms with Crippen molar-refractivity contribution in [3.8, 4) is 0 Å². The summed E-state index contributed by atoms with van der Waals surface area (Å²) in [5, 5.41) is 7.25. The standard InChI is InChI=1S/C14H24N4O2/c1-9-11(8-18(2)17-9)7-16-14(19)10-4-5-13(20-3)12(15)6-10/h8,10,12-13H,4-7,15H2,1-3H3,(H,16,19)/t10-,12+,13+/m0/s1. The van der Waals surface area contributed by atoms with Gasteiger partial charge in [0, 0.05) is 44.4 Å². The van der Waals surface area contributed by atoms with Gasteiger partial charge in [-0.1, -0.05) is 0 Å². The first-order valence-corrected chi connectivity index (χ1v) is 7.06. The topological polar surface area (TPSA) is 82.2 Å². The van der Waals surface area contributed by atoms with Crippen LogP contribution in [0.25, 0.3) is 0 Å². The van der Waals surface area contributed by atoms with Gasteiger partial charge in [0.2, 0.25) is 5.91 Å². The molecule has 1 fully saturated rings. The van der Waals surface area contributed by atoms with E-state index in [1.807, 2.05) is 20.2 Å². The van der Waals surface area contributed by atoms with Gasteiger partial charge >= 0.3 is 0 Å². The molecule has 2 rings (SSSR count). The number of hydrogen-bond acceptors (Lipinski definition) is 4. The molecule has 0 aliphatic heterocycles. The number of nitrogens with one attached hydrogen (secondary N) is 1. The highest BCUT2D eigenvalue weighted by Crippen LogP contribution is 2.25. The van der Waals surface area contributed by atoms with Gasteiger partial charge in [0.15, 0.2) is 0 Å². The number of aryl methyl sites for hydroxylation is 2. The van der Waals surface area contributed by atoms with Crippen LogP contribution < -0.4 is 11.1 Å². The van der Waals surface area contributed by atoms with Gasteiger partial charge in [-0.25, -0.2) is 0 Å². The fourth-order valence-electron chi connectivity index (χ4n) is 2.86. The predicted molar refractivity (Wildman–Crippen MR) is 75.9 cm³/mol. The predicted octanol–water partition coefficient (Wildman–Crippen LogP) is 0.487. The van der Waals surface area contributed by atoms with Gasteiger partial charge in [0.25, 0.3) is 0 Å². The van der Waals surface area contributed by atoms with Gasteiger partial charge in [0.1, 0.15) is 0 Å². The molecule has 3 N–H and O–H groups in total. The molecule has 1 heterocycles. The van der Waals surface area contributed by atoms with Gasteiger partial charge in [-0.15, -0.1) is 0 Å². The minimum Gasteiger partial charge on any atom is -0.380 e. The third-order valence-corrected chi connectivity index (χ3v) is 4.08. The van der Waals surface area contributed by atoms with E-state index in [4.69, 9.17) is 10.5 Å². The Hall–Kier alpha value is -1.40. The molecular weight excluding hydrogens is 256 g/mol.